The van der Waals surface area contributed by atoms with Gasteiger partial charge in [-0.05, 0) is 68.9 Å². The maximum Gasteiger partial charge on any atom is 0.368 e. The summed E-state index contributed by atoms with van der Waals surface area (Å²) in [4.78, 5) is 23.5. The normalized spacial score (nSPS) is 25.3. The van der Waals surface area contributed by atoms with Crippen LogP contribution in [0.25, 0.3) is 5.69 Å². The summed E-state index contributed by atoms with van der Waals surface area (Å²) in [5.41, 5.74) is -0.673. The van der Waals surface area contributed by atoms with Crippen molar-refractivity contribution in [3.05, 3.63) is 40.4 Å². The first-order valence-corrected chi connectivity index (χ1v) is 14.5. The summed E-state index contributed by atoms with van der Waals surface area (Å²) in [5, 5.41) is 23.3. The van der Waals surface area contributed by atoms with Crippen molar-refractivity contribution in [2.75, 3.05) is 30.4 Å². The van der Waals surface area contributed by atoms with Crippen molar-refractivity contribution in [2.24, 2.45) is 13.0 Å². The Morgan fingerprint density at radius 3 is 2.72 bits per heavy atom. The van der Waals surface area contributed by atoms with Gasteiger partial charge in [-0.2, -0.15) is 14.3 Å². The van der Waals surface area contributed by atoms with Crippen LogP contribution in [0.1, 0.15) is 46.5 Å². The number of rotatable bonds is 10. The van der Waals surface area contributed by atoms with Gasteiger partial charge in [0, 0.05) is 37.3 Å². The average molecular weight is 602 g/mol. The number of nitrogens with zero attached hydrogens (tertiary/aromatic N) is 7. The van der Waals surface area contributed by atoms with E-state index in [1.807, 2.05) is 0 Å². The summed E-state index contributed by atoms with van der Waals surface area (Å²) in [5.74, 6) is -0.805. The number of ether oxygens (including phenoxy) is 2. The van der Waals surface area contributed by atoms with Gasteiger partial charge in [-0.25, -0.2) is 18.6 Å². The van der Waals surface area contributed by atoms with Gasteiger partial charge in [0.2, 0.25) is 5.95 Å². The number of nitrogens with one attached hydrogen (secondary N) is 2. The second-order valence-electron chi connectivity index (χ2n) is 12.5. The molecule has 2 aromatic heterocycles. The summed E-state index contributed by atoms with van der Waals surface area (Å²) in [7, 11) is 1.42. The monoisotopic (exact) mass is 601 g/mol. The van der Waals surface area contributed by atoms with E-state index in [2.05, 4.69) is 49.8 Å². The van der Waals surface area contributed by atoms with Crippen LogP contribution >= 0.6 is 0 Å². The molecule has 0 spiro atoms. The molecule has 15 heteroatoms. The number of halogens is 2. The van der Waals surface area contributed by atoms with E-state index in [1.54, 1.807) is 0 Å². The lowest BCUT2D eigenvalue weighted by atomic mass is 9.83. The van der Waals surface area contributed by atoms with Crippen molar-refractivity contribution in [3.8, 4) is 11.4 Å². The molecule has 0 bridgehead atoms. The van der Waals surface area contributed by atoms with Crippen molar-refractivity contribution in [1.29, 1.82) is 0 Å². The molecule has 3 N–H and O–H groups in total. The van der Waals surface area contributed by atoms with Gasteiger partial charge in [-0.1, -0.05) is 0 Å². The Morgan fingerprint density at radius 2 is 2.02 bits per heavy atom. The second-order valence-corrected chi connectivity index (χ2v) is 12.5. The molecule has 1 aromatic carbocycles. The number of hydrogen-bond acceptors (Lipinski definition) is 11. The molecule has 1 unspecified atom stereocenters. The number of aryl methyl sites for hydroxylation is 1. The first-order chi connectivity index (χ1) is 20.5. The lowest BCUT2D eigenvalue weighted by Crippen LogP contribution is -2.55. The Balaban J connectivity index is 1.21. The van der Waals surface area contributed by atoms with Gasteiger partial charge in [-0.15, -0.1) is 0 Å². The summed E-state index contributed by atoms with van der Waals surface area (Å²) in [6, 6.07) is 2.73. The quantitative estimate of drug-likeness (QED) is 0.294. The third-order valence-electron chi connectivity index (χ3n) is 8.39. The Bertz CT molecular complexity index is 1540. The van der Waals surface area contributed by atoms with Crippen LogP contribution in [0.5, 0.6) is 5.75 Å². The standard InChI is InChI=1S/C28H37F2N9O4/c1-15(40)13-43-24-8-20(29)22(9-23(24)39-27(41)37(4)35-36-39)33-26-31-11-21(30)25(34-26)32-17-7-18-5-16(6-19-14-42-19)12-38(18)28(2,3)10-17/h8-9,11,15-19,40H,5-7,10,12-14H2,1-4H3,(H2,31,32,33,34)/t15-,16?,17-,18+,19-/m1/s1. The summed E-state index contributed by atoms with van der Waals surface area (Å²) in [6.07, 6.45) is 4.45. The van der Waals surface area contributed by atoms with Crippen LogP contribution in [0.4, 0.5) is 26.2 Å². The first-order valence-electron chi connectivity index (χ1n) is 14.5. The minimum Gasteiger partial charge on any atom is -0.489 e. The average Bonchev–Trinajstić information content (AvgIpc) is 3.56. The van der Waals surface area contributed by atoms with E-state index in [0.717, 1.165) is 60.5 Å². The highest BCUT2D eigenvalue weighted by molar-refractivity contribution is 5.63. The molecular formula is C28H37F2N9O4. The SMILES string of the molecule is C[C@@H](O)COc1cc(F)c(Nc2ncc(F)c(N[C@@H]3C[C@@H]4CC(C[C@@H]5CO5)CN4C(C)(C)C3)n2)cc1-n1nnn(C)c1=O. The van der Waals surface area contributed by atoms with Gasteiger partial charge < -0.3 is 25.2 Å². The van der Waals surface area contributed by atoms with Crippen molar-refractivity contribution >= 4 is 17.5 Å². The highest BCUT2D eigenvalue weighted by atomic mass is 19.1. The van der Waals surface area contributed by atoms with E-state index in [-0.39, 0.29) is 47.1 Å². The molecule has 0 amide bonds. The van der Waals surface area contributed by atoms with Gasteiger partial charge >= 0.3 is 5.69 Å². The maximum atomic E-state index is 15.2. The molecule has 3 aliphatic rings. The Kier molecular flexibility index (Phi) is 7.81. The number of epoxide rings is 1. The predicted octanol–water partition coefficient (Wildman–Crippen LogP) is 2.37. The van der Waals surface area contributed by atoms with Gasteiger partial charge in [-0.3, -0.25) is 4.90 Å². The fourth-order valence-corrected chi connectivity index (χ4v) is 6.41. The van der Waals surface area contributed by atoms with Crippen LogP contribution in [0.3, 0.4) is 0 Å². The minimum atomic E-state index is -0.837. The maximum absolute atomic E-state index is 15.2. The molecule has 0 aliphatic carbocycles. The lowest BCUT2D eigenvalue weighted by Gasteiger charge is -2.47. The van der Waals surface area contributed by atoms with Crippen LogP contribution in [-0.4, -0.2) is 89.4 Å². The topological polar surface area (TPSA) is 148 Å². The molecule has 3 fully saturated rings. The van der Waals surface area contributed by atoms with Crippen LogP contribution in [0.2, 0.25) is 0 Å². The zero-order valence-corrected chi connectivity index (χ0v) is 24.6. The number of aromatic nitrogens is 6. The van der Waals surface area contributed by atoms with E-state index >= 15 is 4.39 Å². The number of benzene rings is 1. The Morgan fingerprint density at radius 1 is 1.23 bits per heavy atom. The van der Waals surface area contributed by atoms with E-state index in [9.17, 15) is 14.3 Å². The zero-order chi connectivity index (χ0) is 30.5. The Hall–Kier alpha value is -3.69. The zero-order valence-electron chi connectivity index (χ0n) is 24.6. The molecular weight excluding hydrogens is 564 g/mol. The molecule has 43 heavy (non-hydrogen) atoms. The van der Waals surface area contributed by atoms with E-state index in [4.69, 9.17) is 9.47 Å². The number of aliphatic hydroxyl groups excluding tert-OH is 1. The summed E-state index contributed by atoms with van der Waals surface area (Å²) >= 11 is 0. The van der Waals surface area contributed by atoms with Gasteiger partial charge in [0.05, 0.1) is 30.7 Å². The van der Waals surface area contributed by atoms with Crippen molar-refractivity contribution < 1.29 is 23.4 Å². The molecule has 5 heterocycles. The number of fused-ring (bicyclic) bond motifs is 1. The summed E-state index contributed by atoms with van der Waals surface area (Å²) in [6.45, 7) is 7.74. The fraction of sp³-hybridized carbons (Fsp3) is 0.607. The molecule has 3 saturated heterocycles. The van der Waals surface area contributed by atoms with Gasteiger partial charge in [0.1, 0.15) is 18.0 Å². The number of piperidine rings is 1. The molecule has 6 rings (SSSR count). The number of anilines is 3. The van der Waals surface area contributed by atoms with Crippen molar-refractivity contribution in [3.63, 3.8) is 0 Å². The minimum absolute atomic E-state index is 0.0124. The van der Waals surface area contributed by atoms with Crippen LogP contribution in [-0.2, 0) is 11.8 Å². The molecule has 13 nitrogen and oxygen atoms in total. The van der Waals surface area contributed by atoms with Crippen molar-refractivity contribution in [1.82, 2.24) is 34.7 Å². The fourth-order valence-electron chi connectivity index (χ4n) is 6.41. The number of tetrazole rings is 1. The number of aliphatic hydroxyl groups is 1. The van der Waals surface area contributed by atoms with Crippen LogP contribution in [0.15, 0.2) is 23.1 Å². The molecule has 0 saturated carbocycles. The van der Waals surface area contributed by atoms with Crippen LogP contribution in [0, 0.1) is 17.6 Å². The predicted molar refractivity (Wildman–Crippen MR) is 153 cm³/mol. The van der Waals surface area contributed by atoms with Crippen molar-refractivity contribution in [2.45, 2.75) is 76.3 Å². The molecule has 0 radical (unpaired) electrons. The van der Waals surface area contributed by atoms with Gasteiger partial charge in [0.15, 0.2) is 17.5 Å². The molecule has 3 aliphatic heterocycles. The van der Waals surface area contributed by atoms with E-state index in [1.165, 1.54) is 20.0 Å². The Labute approximate surface area is 247 Å². The highest BCUT2D eigenvalue weighted by Crippen LogP contribution is 2.42. The molecule has 5 atom stereocenters. The third kappa shape index (κ3) is 6.33. The lowest BCUT2D eigenvalue weighted by molar-refractivity contribution is 0.0482. The first kappa shape index (κ1) is 29.4. The van der Waals surface area contributed by atoms with Gasteiger partial charge in [0.25, 0.3) is 0 Å². The molecule has 3 aromatic rings. The second kappa shape index (κ2) is 11.4. The highest BCUT2D eigenvalue weighted by Gasteiger charge is 2.47. The van der Waals surface area contributed by atoms with Crippen LogP contribution < -0.4 is 21.1 Å². The smallest absolute Gasteiger partial charge is 0.368 e. The third-order valence-corrected chi connectivity index (χ3v) is 8.39. The van der Waals surface area contributed by atoms with E-state index < -0.39 is 23.4 Å². The molecule has 232 valence electrons. The summed E-state index contributed by atoms with van der Waals surface area (Å²) < 4.78 is 43.1. The van der Waals surface area contributed by atoms with E-state index in [0.29, 0.717) is 18.1 Å². The largest absolute Gasteiger partial charge is 0.489 e. The number of hydrogen-bond donors (Lipinski definition) is 3.